The first-order valence-electron chi connectivity index (χ1n) is 7.88. The molecule has 2 heteroatoms. The Hall–Kier alpha value is -1.80. The molecule has 110 valence electrons. The van der Waals surface area contributed by atoms with E-state index in [-0.39, 0.29) is 6.10 Å². The normalized spacial score (nSPS) is 16.2. The van der Waals surface area contributed by atoms with Crippen LogP contribution in [0.2, 0.25) is 0 Å². The summed E-state index contributed by atoms with van der Waals surface area (Å²) in [6.45, 7) is 4.00. The predicted molar refractivity (Wildman–Crippen MR) is 87.5 cm³/mol. The fraction of sp³-hybridized carbons (Fsp3) is 0.368. The quantitative estimate of drug-likeness (QED) is 0.916. The summed E-state index contributed by atoms with van der Waals surface area (Å²) in [4.78, 5) is 2.42. The smallest absolute Gasteiger partial charge is 0.0807 e. The first-order chi connectivity index (χ1) is 10.3. The number of para-hydroxylation sites is 1. The molecule has 1 aliphatic heterocycles. The molecule has 3 rings (SSSR count). The number of hydrogen-bond donors (Lipinski definition) is 1. The van der Waals surface area contributed by atoms with Crippen LogP contribution in [0.25, 0.3) is 0 Å². The third-order valence-electron chi connectivity index (χ3n) is 4.38. The van der Waals surface area contributed by atoms with Crippen molar-refractivity contribution in [3.05, 3.63) is 65.2 Å². The van der Waals surface area contributed by atoms with Crippen molar-refractivity contribution in [2.75, 3.05) is 11.4 Å². The molecule has 1 heterocycles. The van der Waals surface area contributed by atoms with Gasteiger partial charge in [-0.1, -0.05) is 49.4 Å². The molecule has 0 saturated heterocycles. The van der Waals surface area contributed by atoms with E-state index in [4.69, 9.17) is 0 Å². The number of aryl methyl sites for hydroxylation is 1. The van der Waals surface area contributed by atoms with Crippen LogP contribution in [0, 0.1) is 0 Å². The largest absolute Gasteiger partial charge is 0.388 e. The van der Waals surface area contributed by atoms with Gasteiger partial charge < -0.3 is 10.0 Å². The molecule has 0 spiro atoms. The fourth-order valence-electron chi connectivity index (χ4n) is 3.18. The average molecular weight is 281 g/mol. The summed E-state index contributed by atoms with van der Waals surface area (Å²) in [5.74, 6) is 0. The Labute approximate surface area is 127 Å². The summed E-state index contributed by atoms with van der Waals surface area (Å²) < 4.78 is 0. The van der Waals surface area contributed by atoms with Crippen molar-refractivity contribution >= 4 is 5.69 Å². The first-order valence-corrected chi connectivity index (χ1v) is 7.88. The van der Waals surface area contributed by atoms with Gasteiger partial charge in [0.05, 0.1) is 6.10 Å². The number of fused-ring (bicyclic) bond motifs is 1. The second-order valence-corrected chi connectivity index (χ2v) is 5.78. The first kappa shape index (κ1) is 14.2. The molecule has 21 heavy (non-hydrogen) atoms. The predicted octanol–water partition coefficient (Wildman–Crippen LogP) is 4.08. The van der Waals surface area contributed by atoms with E-state index in [1.807, 2.05) is 13.0 Å². The highest BCUT2D eigenvalue weighted by atomic mass is 16.3. The van der Waals surface area contributed by atoms with Crippen molar-refractivity contribution in [2.45, 2.75) is 38.8 Å². The molecule has 0 bridgehead atoms. The van der Waals surface area contributed by atoms with Gasteiger partial charge >= 0.3 is 0 Å². The lowest BCUT2D eigenvalue weighted by atomic mass is 10.0. The maximum Gasteiger partial charge on any atom is 0.0807 e. The van der Waals surface area contributed by atoms with E-state index in [0.29, 0.717) is 0 Å². The van der Waals surface area contributed by atoms with E-state index in [2.05, 4.69) is 47.4 Å². The summed E-state index contributed by atoms with van der Waals surface area (Å²) >= 11 is 0. The molecule has 2 aromatic carbocycles. The Balaban J connectivity index is 1.94. The molecule has 0 unspecified atom stereocenters. The van der Waals surface area contributed by atoms with Crippen LogP contribution in [-0.2, 0) is 13.0 Å². The second-order valence-electron chi connectivity index (χ2n) is 5.78. The molecule has 0 amide bonds. The molecule has 1 N–H and O–H groups in total. The lowest BCUT2D eigenvalue weighted by Crippen LogP contribution is -2.24. The van der Waals surface area contributed by atoms with Crippen LogP contribution in [-0.4, -0.2) is 11.7 Å². The van der Waals surface area contributed by atoms with Gasteiger partial charge in [-0.2, -0.15) is 0 Å². The van der Waals surface area contributed by atoms with Gasteiger partial charge in [-0.15, -0.1) is 0 Å². The number of aliphatic hydroxyl groups is 1. The van der Waals surface area contributed by atoms with Gasteiger partial charge in [0, 0.05) is 24.3 Å². The van der Waals surface area contributed by atoms with E-state index in [0.717, 1.165) is 37.9 Å². The van der Waals surface area contributed by atoms with Gasteiger partial charge in [0.2, 0.25) is 0 Å². The Morgan fingerprint density at radius 1 is 1.05 bits per heavy atom. The minimum absolute atomic E-state index is 0.375. The second kappa shape index (κ2) is 6.31. The monoisotopic (exact) mass is 281 g/mol. The van der Waals surface area contributed by atoms with E-state index in [9.17, 15) is 5.11 Å². The fourth-order valence-corrected chi connectivity index (χ4v) is 3.18. The zero-order valence-electron chi connectivity index (χ0n) is 12.6. The van der Waals surface area contributed by atoms with E-state index >= 15 is 0 Å². The number of aliphatic hydroxyl groups excluding tert-OH is 1. The minimum Gasteiger partial charge on any atom is -0.388 e. The van der Waals surface area contributed by atoms with Crippen LogP contribution < -0.4 is 4.90 Å². The van der Waals surface area contributed by atoms with Crippen molar-refractivity contribution in [3.63, 3.8) is 0 Å². The van der Waals surface area contributed by atoms with Gasteiger partial charge in [0.1, 0.15) is 0 Å². The third kappa shape index (κ3) is 2.96. The molecule has 1 aliphatic rings. The molecule has 0 aliphatic carbocycles. The zero-order chi connectivity index (χ0) is 14.7. The minimum atomic E-state index is -0.375. The van der Waals surface area contributed by atoms with Crippen LogP contribution in [0.3, 0.4) is 0 Å². The standard InChI is InChI=1S/C19H23NO/c1-2-19(21)17-11-5-6-12-18(17)20-13-7-10-15-8-3-4-9-16(15)14-20/h3-6,8-9,11-12,19,21H,2,7,10,13-14H2,1H3/t19-/m0/s1. The van der Waals surface area contributed by atoms with Crippen molar-refractivity contribution in [3.8, 4) is 0 Å². The molecular formula is C19H23NO. The maximum atomic E-state index is 10.3. The van der Waals surface area contributed by atoms with Crippen LogP contribution in [0.1, 0.15) is 42.6 Å². The van der Waals surface area contributed by atoms with Crippen LogP contribution in [0.5, 0.6) is 0 Å². The summed E-state index contributed by atoms with van der Waals surface area (Å²) in [5.41, 5.74) is 5.12. The number of hydrogen-bond acceptors (Lipinski definition) is 2. The Morgan fingerprint density at radius 2 is 1.76 bits per heavy atom. The summed E-state index contributed by atoms with van der Waals surface area (Å²) in [7, 11) is 0. The highest BCUT2D eigenvalue weighted by Gasteiger charge is 2.18. The molecule has 1 atom stereocenters. The Bertz CT molecular complexity index is 608. The van der Waals surface area contributed by atoms with Crippen molar-refractivity contribution in [1.29, 1.82) is 0 Å². The summed E-state index contributed by atoms with van der Waals surface area (Å²) in [5, 5.41) is 10.3. The van der Waals surface area contributed by atoms with Crippen LogP contribution in [0.4, 0.5) is 5.69 Å². The van der Waals surface area contributed by atoms with Gasteiger partial charge in [-0.3, -0.25) is 0 Å². The molecule has 0 saturated carbocycles. The lowest BCUT2D eigenvalue weighted by Gasteiger charge is -2.27. The van der Waals surface area contributed by atoms with E-state index in [1.165, 1.54) is 16.8 Å². The molecule has 0 aromatic heterocycles. The van der Waals surface area contributed by atoms with Gasteiger partial charge in [-0.05, 0) is 36.5 Å². The van der Waals surface area contributed by atoms with Gasteiger partial charge in [0.15, 0.2) is 0 Å². The number of rotatable bonds is 3. The Morgan fingerprint density at radius 3 is 2.57 bits per heavy atom. The lowest BCUT2D eigenvalue weighted by molar-refractivity contribution is 0.174. The molecular weight excluding hydrogens is 258 g/mol. The van der Waals surface area contributed by atoms with Crippen molar-refractivity contribution < 1.29 is 5.11 Å². The van der Waals surface area contributed by atoms with Gasteiger partial charge in [0.25, 0.3) is 0 Å². The summed E-state index contributed by atoms with van der Waals surface area (Å²) in [6.07, 6.45) is 2.68. The highest BCUT2D eigenvalue weighted by Crippen LogP contribution is 2.31. The highest BCUT2D eigenvalue weighted by molar-refractivity contribution is 5.55. The SMILES string of the molecule is CC[C@H](O)c1ccccc1N1CCCc2ccccc2C1. The maximum absolute atomic E-state index is 10.3. The summed E-state index contributed by atoms with van der Waals surface area (Å²) in [6, 6.07) is 17.0. The van der Waals surface area contributed by atoms with Crippen LogP contribution >= 0.6 is 0 Å². The van der Waals surface area contributed by atoms with Crippen LogP contribution in [0.15, 0.2) is 48.5 Å². The number of anilines is 1. The number of nitrogens with zero attached hydrogens (tertiary/aromatic N) is 1. The zero-order valence-corrected chi connectivity index (χ0v) is 12.6. The molecule has 2 nitrogen and oxygen atoms in total. The topological polar surface area (TPSA) is 23.5 Å². The van der Waals surface area contributed by atoms with E-state index < -0.39 is 0 Å². The molecule has 0 fully saturated rings. The van der Waals surface area contributed by atoms with Crippen molar-refractivity contribution in [1.82, 2.24) is 0 Å². The number of benzene rings is 2. The van der Waals surface area contributed by atoms with Gasteiger partial charge in [-0.25, -0.2) is 0 Å². The third-order valence-corrected chi connectivity index (χ3v) is 4.38. The van der Waals surface area contributed by atoms with E-state index in [1.54, 1.807) is 0 Å². The molecule has 0 radical (unpaired) electrons. The average Bonchev–Trinajstić information content (AvgIpc) is 2.76. The Kier molecular flexibility index (Phi) is 4.26. The van der Waals surface area contributed by atoms with Crippen molar-refractivity contribution in [2.24, 2.45) is 0 Å². The molecule has 2 aromatic rings.